The Labute approximate surface area is 173 Å². The molecule has 0 bridgehead atoms. The Morgan fingerprint density at radius 1 is 1.07 bits per heavy atom. The van der Waals surface area contributed by atoms with E-state index in [4.69, 9.17) is 9.47 Å². The molecule has 30 heavy (non-hydrogen) atoms. The van der Waals surface area contributed by atoms with E-state index in [0.717, 1.165) is 0 Å². The molecule has 0 aliphatic carbocycles. The lowest BCUT2D eigenvalue weighted by molar-refractivity contribution is -0.384. The maximum Gasteiger partial charge on any atom is 0.338 e. The van der Waals surface area contributed by atoms with Crippen molar-refractivity contribution in [2.75, 3.05) is 44.3 Å². The molecule has 0 N–H and O–H groups in total. The van der Waals surface area contributed by atoms with E-state index in [-0.39, 0.29) is 30.4 Å². The van der Waals surface area contributed by atoms with Crippen molar-refractivity contribution in [3.05, 3.63) is 64.2 Å². The number of carbonyl (C=O) groups excluding carboxylic acids is 2. The number of carbonyl (C=O) groups is 2. The van der Waals surface area contributed by atoms with Gasteiger partial charge in [-0.2, -0.15) is 0 Å². The fraction of sp³-hybridized carbons (Fsp3) is 0.333. The summed E-state index contributed by atoms with van der Waals surface area (Å²) >= 11 is 0. The standard InChI is InChI=1S/C21H23N3O6/c1-2-29-21(26)16-8-9-18(19(14-16)24(27)28)22-10-12-23(13-11-22)20(25)15-30-17-6-4-3-5-7-17/h3-9,14H,2,10-13,15H2,1H3. The maximum atomic E-state index is 12.4. The Morgan fingerprint density at radius 2 is 1.77 bits per heavy atom. The van der Waals surface area contributed by atoms with E-state index in [0.29, 0.717) is 37.6 Å². The summed E-state index contributed by atoms with van der Waals surface area (Å²) in [5, 5.41) is 11.5. The molecule has 0 unspecified atom stereocenters. The number of nitrogens with zero attached hydrogens (tertiary/aromatic N) is 3. The van der Waals surface area contributed by atoms with Crippen molar-refractivity contribution in [1.82, 2.24) is 4.90 Å². The summed E-state index contributed by atoms with van der Waals surface area (Å²) in [6.45, 7) is 3.54. The van der Waals surface area contributed by atoms with Gasteiger partial charge in [0.1, 0.15) is 11.4 Å². The van der Waals surface area contributed by atoms with Crippen molar-refractivity contribution in [3.63, 3.8) is 0 Å². The van der Waals surface area contributed by atoms with E-state index >= 15 is 0 Å². The second-order valence-corrected chi connectivity index (χ2v) is 6.65. The van der Waals surface area contributed by atoms with E-state index in [1.165, 1.54) is 12.1 Å². The minimum atomic E-state index is -0.596. The van der Waals surface area contributed by atoms with Crippen LogP contribution in [0, 0.1) is 10.1 Å². The molecule has 2 aromatic rings. The van der Waals surface area contributed by atoms with Crippen LogP contribution in [0.1, 0.15) is 17.3 Å². The van der Waals surface area contributed by atoms with Gasteiger partial charge in [0, 0.05) is 32.2 Å². The van der Waals surface area contributed by atoms with Gasteiger partial charge in [-0.25, -0.2) is 4.79 Å². The van der Waals surface area contributed by atoms with Crippen LogP contribution >= 0.6 is 0 Å². The summed E-state index contributed by atoms with van der Waals surface area (Å²) < 4.78 is 10.4. The molecule has 0 spiro atoms. The van der Waals surface area contributed by atoms with E-state index in [2.05, 4.69) is 0 Å². The third kappa shape index (κ3) is 5.05. The number of nitro benzene ring substituents is 1. The Hall–Kier alpha value is -3.62. The Balaban J connectivity index is 1.62. The second kappa shape index (κ2) is 9.73. The molecular formula is C21H23N3O6. The van der Waals surface area contributed by atoms with E-state index in [1.54, 1.807) is 30.0 Å². The van der Waals surface area contributed by atoms with Crippen molar-refractivity contribution in [3.8, 4) is 5.75 Å². The highest BCUT2D eigenvalue weighted by Crippen LogP contribution is 2.30. The summed E-state index contributed by atoms with van der Waals surface area (Å²) in [6, 6.07) is 13.4. The highest BCUT2D eigenvalue weighted by Gasteiger charge is 2.27. The summed E-state index contributed by atoms with van der Waals surface area (Å²) in [6.07, 6.45) is 0. The van der Waals surface area contributed by atoms with Crippen molar-refractivity contribution < 1.29 is 24.0 Å². The zero-order valence-electron chi connectivity index (χ0n) is 16.7. The molecule has 1 amide bonds. The van der Waals surface area contributed by atoms with Gasteiger partial charge in [0.15, 0.2) is 6.61 Å². The predicted molar refractivity (Wildman–Crippen MR) is 110 cm³/mol. The lowest BCUT2D eigenvalue weighted by Gasteiger charge is -2.35. The fourth-order valence-electron chi connectivity index (χ4n) is 3.23. The minimum absolute atomic E-state index is 0.0571. The lowest BCUT2D eigenvalue weighted by atomic mass is 10.1. The second-order valence-electron chi connectivity index (χ2n) is 6.65. The highest BCUT2D eigenvalue weighted by atomic mass is 16.6. The van der Waals surface area contributed by atoms with Gasteiger partial charge in [0.25, 0.3) is 11.6 Å². The fourth-order valence-corrected chi connectivity index (χ4v) is 3.23. The molecule has 0 radical (unpaired) electrons. The van der Waals surface area contributed by atoms with Crippen LogP contribution in [0.15, 0.2) is 48.5 Å². The summed E-state index contributed by atoms with van der Waals surface area (Å²) in [7, 11) is 0. The molecule has 0 saturated carbocycles. The van der Waals surface area contributed by atoms with Gasteiger partial charge < -0.3 is 19.3 Å². The van der Waals surface area contributed by atoms with Crippen LogP contribution in [0.4, 0.5) is 11.4 Å². The highest BCUT2D eigenvalue weighted by molar-refractivity contribution is 5.91. The molecule has 2 aromatic carbocycles. The number of nitro groups is 1. The number of ether oxygens (including phenoxy) is 2. The number of hydrogen-bond donors (Lipinski definition) is 0. The topological polar surface area (TPSA) is 102 Å². The van der Waals surface area contributed by atoms with Crippen LogP contribution in [0.25, 0.3) is 0 Å². The quantitative estimate of drug-likeness (QED) is 0.390. The molecule has 0 atom stereocenters. The van der Waals surface area contributed by atoms with E-state index in [1.807, 2.05) is 23.1 Å². The van der Waals surface area contributed by atoms with Gasteiger partial charge in [0.2, 0.25) is 0 Å². The predicted octanol–water partition coefficient (Wildman–Crippen LogP) is 2.50. The van der Waals surface area contributed by atoms with Gasteiger partial charge in [-0.15, -0.1) is 0 Å². The van der Waals surface area contributed by atoms with Crippen LogP contribution in [0.3, 0.4) is 0 Å². The largest absolute Gasteiger partial charge is 0.484 e. The van der Waals surface area contributed by atoms with Crippen LogP contribution in [-0.2, 0) is 9.53 Å². The number of hydrogen-bond acceptors (Lipinski definition) is 7. The molecule has 1 heterocycles. The minimum Gasteiger partial charge on any atom is -0.484 e. The molecule has 9 heteroatoms. The van der Waals surface area contributed by atoms with Gasteiger partial charge in [-0.05, 0) is 31.2 Å². The molecule has 3 rings (SSSR count). The smallest absolute Gasteiger partial charge is 0.338 e. The van der Waals surface area contributed by atoms with Crippen LogP contribution in [0.5, 0.6) is 5.75 Å². The van der Waals surface area contributed by atoms with Crippen molar-refractivity contribution in [2.24, 2.45) is 0 Å². The number of piperazine rings is 1. The SMILES string of the molecule is CCOC(=O)c1ccc(N2CCN(C(=O)COc3ccccc3)CC2)c([N+](=O)[O-])c1. The van der Waals surface area contributed by atoms with Gasteiger partial charge in [-0.3, -0.25) is 14.9 Å². The van der Waals surface area contributed by atoms with E-state index < -0.39 is 10.9 Å². The number of anilines is 1. The third-order valence-corrected chi connectivity index (χ3v) is 4.76. The molecule has 9 nitrogen and oxygen atoms in total. The normalized spacial score (nSPS) is 13.6. The molecule has 1 aliphatic heterocycles. The first-order valence-electron chi connectivity index (χ1n) is 9.65. The summed E-state index contributed by atoms with van der Waals surface area (Å²) in [4.78, 5) is 38.8. The van der Waals surface area contributed by atoms with Gasteiger partial charge in [0.05, 0.1) is 17.1 Å². The number of rotatable bonds is 7. The lowest BCUT2D eigenvalue weighted by Crippen LogP contribution is -2.50. The van der Waals surface area contributed by atoms with Gasteiger partial charge >= 0.3 is 5.97 Å². The first kappa shape index (κ1) is 21.1. The first-order valence-corrected chi connectivity index (χ1v) is 9.65. The zero-order chi connectivity index (χ0) is 21.5. The number of para-hydroxylation sites is 1. The number of esters is 1. The molecule has 1 fully saturated rings. The molecule has 0 aromatic heterocycles. The number of amides is 1. The molecule has 1 aliphatic rings. The van der Waals surface area contributed by atoms with Crippen molar-refractivity contribution in [1.29, 1.82) is 0 Å². The monoisotopic (exact) mass is 413 g/mol. The van der Waals surface area contributed by atoms with Crippen molar-refractivity contribution in [2.45, 2.75) is 6.92 Å². The van der Waals surface area contributed by atoms with Crippen molar-refractivity contribution >= 4 is 23.3 Å². The Morgan fingerprint density at radius 3 is 2.40 bits per heavy atom. The van der Waals surface area contributed by atoms with E-state index in [9.17, 15) is 19.7 Å². The summed E-state index contributed by atoms with van der Waals surface area (Å²) in [5.74, 6) is -0.103. The Bertz CT molecular complexity index is 910. The molecule has 158 valence electrons. The Kier molecular flexibility index (Phi) is 6.84. The summed E-state index contributed by atoms with van der Waals surface area (Å²) in [5.41, 5.74) is 0.396. The molecular weight excluding hydrogens is 390 g/mol. The zero-order valence-corrected chi connectivity index (χ0v) is 16.7. The average molecular weight is 413 g/mol. The third-order valence-electron chi connectivity index (χ3n) is 4.76. The van der Waals surface area contributed by atoms with Crippen LogP contribution < -0.4 is 9.64 Å². The van der Waals surface area contributed by atoms with Crippen LogP contribution in [-0.4, -0.2) is 61.1 Å². The number of benzene rings is 2. The first-order chi connectivity index (χ1) is 14.5. The van der Waals surface area contributed by atoms with Gasteiger partial charge in [-0.1, -0.05) is 18.2 Å². The molecule has 1 saturated heterocycles. The average Bonchev–Trinajstić information content (AvgIpc) is 2.78. The van der Waals surface area contributed by atoms with Crippen LogP contribution in [0.2, 0.25) is 0 Å². The maximum absolute atomic E-state index is 12.4.